The van der Waals surface area contributed by atoms with Crippen molar-refractivity contribution in [3.63, 3.8) is 0 Å². The number of carbonyl (C=O) groups excluding carboxylic acids is 1. The Hall–Kier alpha value is -2.33. The van der Waals surface area contributed by atoms with Crippen LogP contribution in [-0.2, 0) is 9.53 Å². The third-order valence-electron chi connectivity index (χ3n) is 6.22. The van der Waals surface area contributed by atoms with Gasteiger partial charge in [0.25, 0.3) is 0 Å². The summed E-state index contributed by atoms with van der Waals surface area (Å²) in [5.74, 6) is 2.43. The normalized spacial score (nSPS) is 14.2. The molecule has 7 nitrogen and oxygen atoms in total. The second kappa shape index (κ2) is 13.3. The molecule has 9 heteroatoms. The zero-order chi connectivity index (χ0) is 25.3. The number of ether oxygens (including phenoxy) is 3. The second-order valence-electron chi connectivity index (χ2n) is 8.76. The van der Waals surface area contributed by atoms with E-state index in [2.05, 4.69) is 36.1 Å². The largest absolute Gasteiger partial charge is 0.495 e. The summed E-state index contributed by atoms with van der Waals surface area (Å²) < 4.78 is 17.5. The minimum atomic E-state index is 0.110. The quantitative estimate of drug-likeness (QED) is 0.235. The molecule has 0 radical (unpaired) electrons. The maximum absolute atomic E-state index is 13.5. The van der Waals surface area contributed by atoms with Crippen LogP contribution in [0.2, 0.25) is 0 Å². The minimum absolute atomic E-state index is 0.110. The molecule has 2 heterocycles. The van der Waals surface area contributed by atoms with Crippen LogP contribution in [0.1, 0.15) is 24.8 Å². The first-order chi connectivity index (χ1) is 17.6. The number of hydrogen-bond donors (Lipinski definition) is 0. The number of amides is 1. The van der Waals surface area contributed by atoms with Crippen LogP contribution in [0.15, 0.2) is 41.3 Å². The van der Waals surface area contributed by atoms with Gasteiger partial charge in [0.05, 0.1) is 27.4 Å². The molecule has 0 bridgehead atoms. The van der Waals surface area contributed by atoms with Gasteiger partial charge in [0.2, 0.25) is 5.91 Å². The highest BCUT2D eigenvalue weighted by Crippen LogP contribution is 2.40. The number of morpholine rings is 1. The number of fused-ring (bicyclic) bond motifs is 1. The third-order valence-corrected chi connectivity index (χ3v) is 8.41. The molecule has 1 aliphatic heterocycles. The SMILES string of the molecule is COc1ccc(OC)c2sc(N(CCCN3CCOCC3)C(=O)CCCSc3ccc(C)cc3)nc12. The van der Waals surface area contributed by atoms with Crippen LogP contribution in [0.5, 0.6) is 11.5 Å². The lowest BCUT2D eigenvalue weighted by Crippen LogP contribution is -2.39. The van der Waals surface area contributed by atoms with E-state index in [1.165, 1.54) is 21.8 Å². The first-order valence-electron chi connectivity index (χ1n) is 12.4. The Kier molecular flexibility index (Phi) is 9.86. The molecule has 0 unspecified atom stereocenters. The number of carbonyl (C=O) groups is 1. The third kappa shape index (κ3) is 6.91. The lowest BCUT2D eigenvalue weighted by atomic mass is 10.2. The number of benzene rings is 2. The predicted molar refractivity (Wildman–Crippen MR) is 148 cm³/mol. The monoisotopic (exact) mass is 529 g/mol. The van der Waals surface area contributed by atoms with Crippen molar-refractivity contribution in [1.82, 2.24) is 9.88 Å². The van der Waals surface area contributed by atoms with Gasteiger partial charge in [-0.1, -0.05) is 29.0 Å². The van der Waals surface area contributed by atoms with E-state index in [4.69, 9.17) is 19.2 Å². The fourth-order valence-corrected chi connectivity index (χ4v) is 6.15. The van der Waals surface area contributed by atoms with E-state index in [0.717, 1.165) is 67.4 Å². The number of anilines is 1. The Morgan fingerprint density at radius 3 is 2.53 bits per heavy atom. The summed E-state index contributed by atoms with van der Waals surface area (Å²) in [5, 5.41) is 0.700. The van der Waals surface area contributed by atoms with E-state index in [9.17, 15) is 4.79 Å². The number of rotatable bonds is 12. The number of aromatic nitrogens is 1. The fraction of sp³-hybridized carbons (Fsp3) is 0.481. The Bertz CT molecular complexity index is 1090. The van der Waals surface area contributed by atoms with Gasteiger partial charge in [-0.2, -0.15) is 0 Å². The Labute approximate surface area is 221 Å². The lowest BCUT2D eigenvalue weighted by Gasteiger charge is -2.27. The number of aryl methyl sites for hydroxylation is 1. The highest BCUT2D eigenvalue weighted by molar-refractivity contribution is 7.99. The van der Waals surface area contributed by atoms with E-state index in [0.29, 0.717) is 23.8 Å². The van der Waals surface area contributed by atoms with Crippen LogP contribution >= 0.6 is 23.1 Å². The minimum Gasteiger partial charge on any atom is -0.495 e. The van der Waals surface area contributed by atoms with Gasteiger partial charge >= 0.3 is 0 Å². The summed E-state index contributed by atoms with van der Waals surface area (Å²) in [4.78, 5) is 23.8. The summed E-state index contributed by atoms with van der Waals surface area (Å²) in [6.07, 6.45) is 2.18. The summed E-state index contributed by atoms with van der Waals surface area (Å²) in [6, 6.07) is 12.3. The first kappa shape index (κ1) is 26.7. The maximum atomic E-state index is 13.5. The Morgan fingerprint density at radius 2 is 1.81 bits per heavy atom. The summed E-state index contributed by atoms with van der Waals surface area (Å²) in [6.45, 7) is 7.10. The molecule has 1 aromatic heterocycles. The molecular weight excluding hydrogens is 494 g/mol. The summed E-state index contributed by atoms with van der Waals surface area (Å²) in [5.41, 5.74) is 1.99. The van der Waals surface area contributed by atoms with Crippen molar-refractivity contribution in [2.45, 2.75) is 31.1 Å². The molecule has 4 rings (SSSR count). The van der Waals surface area contributed by atoms with E-state index in [1.807, 2.05) is 17.0 Å². The van der Waals surface area contributed by atoms with Crippen molar-refractivity contribution in [3.8, 4) is 11.5 Å². The predicted octanol–water partition coefficient (Wildman–Crippen LogP) is 5.25. The van der Waals surface area contributed by atoms with Gasteiger partial charge in [-0.15, -0.1) is 11.8 Å². The molecule has 0 aliphatic carbocycles. The van der Waals surface area contributed by atoms with Gasteiger partial charge in [-0.05, 0) is 49.8 Å². The molecule has 0 saturated carbocycles. The average molecular weight is 530 g/mol. The highest BCUT2D eigenvalue weighted by atomic mass is 32.2. The van der Waals surface area contributed by atoms with Crippen LogP contribution in [0, 0.1) is 6.92 Å². The fourth-order valence-electron chi connectivity index (χ4n) is 4.18. The topological polar surface area (TPSA) is 64.1 Å². The molecule has 3 aromatic rings. The highest BCUT2D eigenvalue weighted by Gasteiger charge is 2.23. The van der Waals surface area contributed by atoms with Crippen molar-refractivity contribution in [2.75, 3.05) is 64.3 Å². The van der Waals surface area contributed by atoms with Crippen LogP contribution in [0.4, 0.5) is 5.13 Å². The number of thiazole rings is 1. The Morgan fingerprint density at radius 1 is 1.08 bits per heavy atom. The summed E-state index contributed by atoms with van der Waals surface area (Å²) >= 11 is 3.28. The summed E-state index contributed by atoms with van der Waals surface area (Å²) in [7, 11) is 3.29. The molecule has 0 atom stereocenters. The smallest absolute Gasteiger partial charge is 0.228 e. The number of thioether (sulfide) groups is 1. The van der Waals surface area contributed by atoms with Crippen molar-refractivity contribution in [3.05, 3.63) is 42.0 Å². The Balaban J connectivity index is 1.45. The van der Waals surface area contributed by atoms with Crippen molar-refractivity contribution in [2.24, 2.45) is 0 Å². The zero-order valence-corrected chi connectivity index (χ0v) is 23.0. The van der Waals surface area contributed by atoms with E-state index in [-0.39, 0.29) is 5.91 Å². The molecule has 2 aromatic carbocycles. The van der Waals surface area contributed by atoms with Gasteiger partial charge in [-0.3, -0.25) is 14.6 Å². The van der Waals surface area contributed by atoms with Gasteiger partial charge in [-0.25, -0.2) is 4.98 Å². The van der Waals surface area contributed by atoms with Gasteiger partial charge in [0.15, 0.2) is 5.13 Å². The molecule has 36 heavy (non-hydrogen) atoms. The van der Waals surface area contributed by atoms with Crippen LogP contribution in [0.3, 0.4) is 0 Å². The molecule has 1 amide bonds. The van der Waals surface area contributed by atoms with Crippen molar-refractivity contribution in [1.29, 1.82) is 0 Å². The van der Waals surface area contributed by atoms with Gasteiger partial charge in [0.1, 0.15) is 21.7 Å². The van der Waals surface area contributed by atoms with E-state index >= 15 is 0 Å². The number of methoxy groups -OCH3 is 2. The van der Waals surface area contributed by atoms with E-state index < -0.39 is 0 Å². The standard InChI is InChI=1S/C27H35N3O4S2/c1-20-7-9-21(10-8-20)35-19-4-6-24(31)30(14-5-13-29-15-17-34-18-16-29)27-28-25-22(32-2)11-12-23(33-3)26(25)36-27/h7-12H,4-6,13-19H2,1-3H3. The number of nitrogens with zero attached hydrogens (tertiary/aromatic N) is 3. The molecule has 1 fully saturated rings. The van der Waals surface area contributed by atoms with Crippen LogP contribution in [0.25, 0.3) is 10.2 Å². The average Bonchev–Trinajstić information content (AvgIpc) is 3.35. The number of hydrogen-bond acceptors (Lipinski definition) is 8. The maximum Gasteiger partial charge on any atom is 0.228 e. The first-order valence-corrected chi connectivity index (χ1v) is 14.2. The van der Waals surface area contributed by atoms with Crippen LogP contribution in [-0.4, -0.2) is 75.2 Å². The molecule has 1 aliphatic rings. The van der Waals surface area contributed by atoms with Crippen molar-refractivity contribution >= 4 is 44.4 Å². The van der Waals surface area contributed by atoms with Crippen LogP contribution < -0.4 is 14.4 Å². The molecular formula is C27H35N3O4S2. The van der Waals surface area contributed by atoms with Gasteiger partial charge in [0, 0.05) is 37.5 Å². The molecule has 1 saturated heterocycles. The molecule has 0 N–H and O–H groups in total. The van der Waals surface area contributed by atoms with E-state index in [1.54, 1.807) is 26.0 Å². The molecule has 194 valence electrons. The molecule has 0 spiro atoms. The van der Waals surface area contributed by atoms with Gasteiger partial charge < -0.3 is 14.2 Å². The zero-order valence-electron chi connectivity index (χ0n) is 21.3. The van der Waals surface area contributed by atoms with Crippen molar-refractivity contribution < 1.29 is 19.0 Å². The second-order valence-corrected chi connectivity index (χ2v) is 10.9. The lowest BCUT2D eigenvalue weighted by molar-refractivity contribution is -0.118.